The molecule has 0 saturated carbocycles. The van der Waals surface area contributed by atoms with Crippen LogP contribution in [0.25, 0.3) is 0 Å². The van der Waals surface area contributed by atoms with Gasteiger partial charge in [0.25, 0.3) is 0 Å². The Hall–Kier alpha value is -2.05. The van der Waals surface area contributed by atoms with E-state index in [4.69, 9.17) is 0 Å². The molecule has 7 heteroatoms. The molecule has 0 bridgehead atoms. The molecule has 25 heavy (non-hydrogen) atoms. The number of nitrogens with zero attached hydrogens (tertiary/aromatic N) is 1. The monoisotopic (exact) mass is 356 g/mol. The second kappa shape index (κ2) is 8.36. The maximum Gasteiger partial charge on any atom is 0.408 e. The van der Waals surface area contributed by atoms with E-state index in [0.29, 0.717) is 25.9 Å². The van der Waals surface area contributed by atoms with Crippen LogP contribution in [0.4, 0.5) is 13.2 Å². The third-order valence-corrected chi connectivity index (χ3v) is 4.59. The van der Waals surface area contributed by atoms with E-state index in [0.717, 1.165) is 5.56 Å². The number of piperidine rings is 1. The van der Waals surface area contributed by atoms with Crippen LogP contribution in [0.5, 0.6) is 0 Å². The predicted octanol–water partition coefficient (Wildman–Crippen LogP) is 2.92. The summed E-state index contributed by atoms with van der Waals surface area (Å²) in [5, 5.41) is 2.17. The molecule has 1 heterocycles. The second-order valence-corrected chi connectivity index (χ2v) is 6.41. The highest BCUT2D eigenvalue weighted by molar-refractivity contribution is 5.80. The summed E-state index contributed by atoms with van der Waals surface area (Å²) in [4.78, 5) is 25.1. The molecule has 0 aliphatic carbocycles. The summed E-state index contributed by atoms with van der Waals surface area (Å²) in [6.07, 6.45) is -3.63. The van der Waals surface area contributed by atoms with Crippen molar-refractivity contribution in [1.29, 1.82) is 0 Å². The van der Waals surface area contributed by atoms with Gasteiger partial charge in [0.2, 0.25) is 11.8 Å². The SMILES string of the molecule is CC(=O)N1CCC(C(=O)NC(CCc2ccccc2)C(F)(F)F)CC1. The van der Waals surface area contributed by atoms with Gasteiger partial charge in [-0.25, -0.2) is 0 Å². The Morgan fingerprint density at radius 3 is 2.32 bits per heavy atom. The summed E-state index contributed by atoms with van der Waals surface area (Å²) in [5.41, 5.74) is 0.806. The van der Waals surface area contributed by atoms with E-state index in [9.17, 15) is 22.8 Å². The average molecular weight is 356 g/mol. The van der Waals surface area contributed by atoms with Crippen LogP contribution in [0.15, 0.2) is 30.3 Å². The summed E-state index contributed by atoms with van der Waals surface area (Å²) >= 11 is 0. The molecule has 1 unspecified atom stereocenters. The zero-order valence-electron chi connectivity index (χ0n) is 14.2. The number of halogens is 3. The molecule has 1 aliphatic rings. The minimum atomic E-state index is -4.48. The quantitative estimate of drug-likeness (QED) is 0.882. The highest BCUT2D eigenvalue weighted by Crippen LogP contribution is 2.25. The lowest BCUT2D eigenvalue weighted by molar-refractivity contribution is -0.164. The lowest BCUT2D eigenvalue weighted by atomic mass is 9.95. The molecule has 1 aromatic rings. The molecule has 0 aromatic heterocycles. The molecular formula is C18H23F3N2O2. The van der Waals surface area contributed by atoms with Gasteiger partial charge in [0.1, 0.15) is 6.04 Å². The molecule has 1 N–H and O–H groups in total. The molecule has 138 valence electrons. The predicted molar refractivity (Wildman–Crippen MR) is 87.7 cm³/mol. The van der Waals surface area contributed by atoms with Crippen LogP contribution in [0.3, 0.4) is 0 Å². The summed E-state index contributed by atoms with van der Waals surface area (Å²) in [5.74, 6) is -1.12. The van der Waals surface area contributed by atoms with Crippen molar-refractivity contribution in [1.82, 2.24) is 10.2 Å². The number of benzene rings is 1. The van der Waals surface area contributed by atoms with Crippen molar-refractivity contribution < 1.29 is 22.8 Å². The van der Waals surface area contributed by atoms with Gasteiger partial charge in [-0.2, -0.15) is 13.2 Å². The number of nitrogens with one attached hydrogen (secondary N) is 1. The lowest BCUT2D eigenvalue weighted by Gasteiger charge is -2.32. The third kappa shape index (κ3) is 5.76. The van der Waals surface area contributed by atoms with Crippen molar-refractivity contribution in [2.45, 2.75) is 44.8 Å². The van der Waals surface area contributed by atoms with Crippen LogP contribution in [-0.4, -0.2) is 42.0 Å². The smallest absolute Gasteiger partial charge is 0.344 e. The molecule has 1 aromatic carbocycles. The summed E-state index contributed by atoms with van der Waals surface area (Å²) in [7, 11) is 0. The molecule has 1 fully saturated rings. The van der Waals surface area contributed by atoms with Gasteiger partial charge in [-0.05, 0) is 31.2 Å². The first-order valence-electron chi connectivity index (χ1n) is 8.44. The Labute approximate surface area is 145 Å². The number of hydrogen-bond donors (Lipinski definition) is 1. The lowest BCUT2D eigenvalue weighted by Crippen LogP contribution is -2.49. The van der Waals surface area contributed by atoms with Crippen LogP contribution >= 0.6 is 0 Å². The Bertz CT molecular complexity index is 582. The van der Waals surface area contributed by atoms with Crippen LogP contribution in [0.2, 0.25) is 0 Å². The van der Waals surface area contributed by atoms with Gasteiger partial charge in [0, 0.05) is 25.9 Å². The van der Waals surface area contributed by atoms with Crippen LogP contribution < -0.4 is 5.32 Å². The maximum absolute atomic E-state index is 13.3. The minimum Gasteiger partial charge on any atom is -0.344 e. The highest BCUT2D eigenvalue weighted by atomic mass is 19.4. The molecular weight excluding hydrogens is 333 g/mol. The number of likely N-dealkylation sites (tertiary alicyclic amines) is 1. The number of amides is 2. The van der Waals surface area contributed by atoms with E-state index >= 15 is 0 Å². The van der Waals surface area contributed by atoms with Gasteiger partial charge in [-0.1, -0.05) is 30.3 Å². The first kappa shape index (κ1) is 19.3. The van der Waals surface area contributed by atoms with Crippen molar-refractivity contribution in [3.63, 3.8) is 0 Å². The molecule has 4 nitrogen and oxygen atoms in total. The van der Waals surface area contributed by atoms with Crippen molar-refractivity contribution >= 4 is 11.8 Å². The van der Waals surface area contributed by atoms with Crippen molar-refractivity contribution in [2.24, 2.45) is 5.92 Å². The van der Waals surface area contributed by atoms with E-state index in [2.05, 4.69) is 5.32 Å². The van der Waals surface area contributed by atoms with Gasteiger partial charge in [-0.15, -0.1) is 0 Å². The number of hydrogen-bond acceptors (Lipinski definition) is 2. The Morgan fingerprint density at radius 2 is 1.80 bits per heavy atom. The Morgan fingerprint density at radius 1 is 1.20 bits per heavy atom. The van der Waals surface area contributed by atoms with Gasteiger partial charge < -0.3 is 10.2 Å². The molecule has 2 amide bonds. The zero-order valence-corrected chi connectivity index (χ0v) is 14.2. The van der Waals surface area contributed by atoms with E-state index in [1.165, 1.54) is 6.92 Å². The van der Waals surface area contributed by atoms with Gasteiger partial charge >= 0.3 is 6.18 Å². The van der Waals surface area contributed by atoms with Crippen molar-refractivity contribution in [3.8, 4) is 0 Å². The fourth-order valence-corrected chi connectivity index (χ4v) is 3.02. The van der Waals surface area contributed by atoms with Crippen molar-refractivity contribution in [3.05, 3.63) is 35.9 Å². The van der Waals surface area contributed by atoms with E-state index < -0.39 is 24.0 Å². The van der Waals surface area contributed by atoms with Gasteiger partial charge in [0.05, 0.1) is 0 Å². The van der Waals surface area contributed by atoms with E-state index in [1.54, 1.807) is 35.2 Å². The number of aryl methyl sites for hydroxylation is 1. The average Bonchev–Trinajstić information content (AvgIpc) is 2.58. The second-order valence-electron chi connectivity index (χ2n) is 6.41. The number of alkyl halides is 3. The highest BCUT2D eigenvalue weighted by Gasteiger charge is 2.41. The Balaban J connectivity index is 1.91. The molecule has 1 atom stereocenters. The maximum atomic E-state index is 13.3. The van der Waals surface area contributed by atoms with E-state index in [-0.39, 0.29) is 18.7 Å². The standard InChI is InChI=1S/C18H23F3N2O2/c1-13(24)23-11-9-15(10-12-23)17(25)22-16(18(19,20)21)8-7-14-5-3-2-4-6-14/h2-6,15-16H,7-12H2,1H3,(H,22,25). The van der Waals surface area contributed by atoms with Crippen LogP contribution in [0.1, 0.15) is 31.7 Å². The largest absolute Gasteiger partial charge is 0.408 e. The van der Waals surface area contributed by atoms with Crippen molar-refractivity contribution in [2.75, 3.05) is 13.1 Å². The van der Waals surface area contributed by atoms with Gasteiger partial charge in [0.15, 0.2) is 0 Å². The molecule has 0 radical (unpaired) electrons. The molecule has 2 rings (SSSR count). The first-order valence-corrected chi connectivity index (χ1v) is 8.44. The summed E-state index contributed by atoms with van der Waals surface area (Å²) in [6.45, 7) is 2.27. The number of rotatable bonds is 5. The fraction of sp³-hybridized carbons (Fsp3) is 0.556. The topological polar surface area (TPSA) is 49.4 Å². The summed E-state index contributed by atoms with van der Waals surface area (Å²) < 4.78 is 39.8. The summed E-state index contributed by atoms with van der Waals surface area (Å²) in [6, 6.07) is 7.05. The Kier molecular flexibility index (Phi) is 6.45. The van der Waals surface area contributed by atoms with Gasteiger partial charge in [-0.3, -0.25) is 9.59 Å². The number of carbonyl (C=O) groups excluding carboxylic acids is 2. The fourth-order valence-electron chi connectivity index (χ4n) is 3.02. The normalized spacial score (nSPS) is 17.2. The molecule has 1 aliphatic heterocycles. The first-order chi connectivity index (χ1) is 11.8. The van der Waals surface area contributed by atoms with Crippen LogP contribution in [-0.2, 0) is 16.0 Å². The number of carbonyl (C=O) groups is 2. The third-order valence-electron chi connectivity index (χ3n) is 4.59. The molecule has 0 spiro atoms. The van der Waals surface area contributed by atoms with E-state index in [1.807, 2.05) is 0 Å². The zero-order chi connectivity index (χ0) is 18.4. The molecule has 1 saturated heterocycles. The van der Waals surface area contributed by atoms with Crippen LogP contribution in [0, 0.1) is 5.92 Å². The minimum absolute atomic E-state index is 0.0742.